The summed E-state index contributed by atoms with van der Waals surface area (Å²) >= 11 is 0. The lowest BCUT2D eigenvalue weighted by Crippen LogP contribution is -2.22. The molecular weight excluding hydrogens is 228 g/mol. The van der Waals surface area contributed by atoms with Gasteiger partial charge in [0.25, 0.3) is 0 Å². The topological polar surface area (TPSA) is 46.5 Å². The van der Waals surface area contributed by atoms with Crippen molar-refractivity contribution in [3.63, 3.8) is 0 Å². The Bertz CT molecular complexity index is 406. The Morgan fingerprint density at radius 1 is 1.28 bits per heavy atom. The highest BCUT2D eigenvalue weighted by Gasteiger charge is 2.26. The van der Waals surface area contributed by atoms with E-state index in [0.717, 1.165) is 37.9 Å². The molecule has 0 aliphatic heterocycles. The molecule has 0 radical (unpaired) electrons. The van der Waals surface area contributed by atoms with Crippen LogP contribution in [0.1, 0.15) is 31.2 Å². The molecule has 3 nitrogen and oxygen atoms in total. The van der Waals surface area contributed by atoms with Gasteiger partial charge in [-0.2, -0.15) is 0 Å². The SMILES string of the molecule is COc1ccccc1CC1CCC(C(=O)O)CC1. The number of ether oxygens (including phenoxy) is 1. The molecule has 0 unspecified atom stereocenters. The van der Waals surface area contributed by atoms with Crippen LogP contribution < -0.4 is 4.74 Å². The summed E-state index contributed by atoms with van der Waals surface area (Å²) in [7, 11) is 1.69. The largest absolute Gasteiger partial charge is 0.496 e. The van der Waals surface area contributed by atoms with Gasteiger partial charge in [-0.05, 0) is 49.7 Å². The van der Waals surface area contributed by atoms with Crippen LogP contribution in [0.4, 0.5) is 0 Å². The summed E-state index contributed by atoms with van der Waals surface area (Å²) in [6.07, 6.45) is 4.64. The molecule has 0 heterocycles. The second-order valence-corrected chi connectivity index (χ2v) is 5.07. The van der Waals surface area contributed by atoms with Gasteiger partial charge in [-0.1, -0.05) is 18.2 Å². The number of methoxy groups -OCH3 is 1. The third kappa shape index (κ3) is 3.03. The highest BCUT2D eigenvalue weighted by atomic mass is 16.5. The first-order valence-electron chi connectivity index (χ1n) is 6.55. The van der Waals surface area contributed by atoms with E-state index >= 15 is 0 Å². The van der Waals surface area contributed by atoms with Crippen LogP contribution in [0.25, 0.3) is 0 Å². The van der Waals surface area contributed by atoms with Gasteiger partial charge in [0, 0.05) is 0 Å². The van der Waals surface area contributed by atoms with E-state index in [2.05, 4.69) is 6.07 Å². The van der Waals surface area contributed by atoms with Crippen LogP contribution in [0, 0.1) is 11.8 Å². The van der Waals surface area contributed by atoms with Crippen LogP contribution in [0.2, 0.25) is 0 Å². The van der Waals surface area contributed by atoms with Crippen LogP contribution >= 0.6 is 0 Å². The maximum Gasteiger partial charge on any atom is 0.306 e. The number of benzene rings is 1. The number of aliphatic carboxylic acids is 1. The summed E-state index contributed by atoms with van der Waals surface area (Å²) in [4.78, 5) is 10.9. The van der Waals surface area contributed by atoms with Gasteiger partial charge in [0.1, 0.15) is 5.75 Å². The number of rotatable bonds is 4. The van der Waals surface area contributed by atoms with Crippen LogP contribution in [0.3, 0.4) is 0 Å². The van der Waals surface area contributed by atoms with Crippen molar-refractivity contribution >= 4 is 5.97 Å². The third-order valence-corrected chi connectivity index (χ3v) is 3.90. The standard InChI is InChI=1S/C15H20O3/c1-18-14-5-3-2-4-13(14)10-11-6-8-12(9-7-11)15(16)17/h2-5,11-12H,6-10H2,1H3,(H,16,17). The molecule has 1 aromatic carbocycles. The summed E-state index contributed by atoms with van der Waals surface area (Å²) in [6, 6.07) is 8.09. The van der Waals surface area contributed by atoms with E-state index in [1.807, 2.05) is 18.2 Å². The predicted octanol–water partition coefficient (Wildman–Crippen LogP) is 3.13. The monoisotopic (exact) mass is 248 g/mol. The molecule has 0 amide bonds. The number of para-hydroxylation sites is 1. The molecule has 1 N–H and O–H groups in total. The van der Waals surface area contributed by atoms with Crippen molar-refractivity contribution in [3.05, 3.63) is 29.8 Å². The van der Waals surface area contributed by atoms with Crippen molar-refractivity contribution in [1.82, 2.24) is 0 Å². The lowest BCUT2D eigenvalue weighted by atomic mass is 9.79. The number of hydrogen-bond donors (Lipinski definition) is 1. The molecular formula is C15H20O3. The maximum absolute atomic E-state index is 10.9. The van der Waals surface area contributed by atoms with Crippen molar-refractivity contribution in [2.24, 2.45) is 11.8 Å². The van der Waals surface area contributed by atoms with Crippen LogP contribution in [0.5, 0.6) is 5.75 Å². The molecule has 0 atom stereocenters. The minimum atomic E-state index is -0.634. The van der Waals surface area contributed by atoms with Crippen molar-refractivity contribution in [3.8, 4) is 5.75 Å². The molecule has 0 bridgehead atoms. The van der Waals surface area contributed by atoms with Gasteiger partial charge in [0.2, 0.25) is 0 Å². The molecule has 0 aromatic heterocycles. The van der Waals surface area contributed by atoms with Crippen LogP contribution in [-0.2, 0) is 11.2 Å². The van der Waals surface area contributed by atoms with E-state index < -0.39 is 5.97 Å². The fourth-order valence-corrected chi connectivity index (χ4v) is 2.80. The van der Waals surface area contributed by atoms with Gasteiger partial charge in [-0.25, -0.2) is 0 Å². The summed E-state index contributed by atoms with van der Waals surface area (Å²) in [6.45, 7) is 0. The van der Waals surface area contributed by atoms with E-state index in [1.54, 1.807) is 7.11 Å². The average molecular weight is 248 g/mol. The normalized spacial score (nSPS) is 23.6. The summed E-state index contributed by atoms with van der Waals surface area (Å²) in [5.41, 5.74) is 1.23. The summed E-state index contributed by atoms with van der Waals surface area (Å²) in [5.74, 6) is 0.777. The first kappa shape index (κ1) is 12.9. The zero-order chi connectivity index (χ0) is 13.0. The molecule has 2 rings (SSSR count). The Hall–Kier alpha value is -1.51. The first-order chi connectivity index (χ1) is 8.70. The van der Waals surface area contributed by atoms with Gasteiger partial charge >= 0.3 is 5.97 Å². The summed E-state index contributed by atoms with van der Waals surface area (Å²) in [5, 5.41) is 8.98. The molecule has 0 saturated heterocycles. The lowest BCUT2D eigenvalue weighted by molar-refractivity contribution is -0.143. The summed E-state index contributed by atoms with van der Waals surface area (Å²) < 4.78 is 5.35. The van der Waals surface area contributed by atoms with Gasteiger partial charge in [0.05, 0.1) is 13.0 Å². The molecule has 0 spiro atoms. The van der Waals surface area contributed by atoms with Gasteiger partial charge in [0.15, 0.2) is 0 Å². The fourth-order valence-electron chi connectivity index (χ4n) is 2.80. The molecule has 1 aliphatic rings. The fraction of sp³-hybridized carbons (Fsp3) is 0.533. The number of carboxylic acid groups (broad SMARTS) is 1. The Labute approximate surface area is 108 Å². The minimum absolute atomic E-state index is 0.126. The molecule has 1 fully saturated rings. The van der Waals surface area contributed by atoms with Crippen molar-refractivity contribution in [2.45, 2.75) is 32.1 Å². The maximum atomic E-state index is 10.9. The highest BCUT2D eigenvalue weighted by molar-refractivity contribution is 5.70. The lowest BCUT2D eigenvalue weighted by Gasteiger charge is -2.26. The van der Waals surface area contributed by atoms with E-state index in [4.69, 9.17) is 9.84 Å². The van der Waals surface area contributed by atoms with Crippen LogP contribution in [0.15, 0.2) is 24.3 Å². The van der Waals surface area contributed by atoms with E-state index in [0.29, 0.717) is 5.92 Å². The Morgan fingerprint density at radius 3 is 2.56 bits per heavy atom. The van der Waals surface area contributed by atoms with Crippen LogP contribution in [-0.4, -0.2) is 18.2 Å². The average Bonchev–Trinajstić information content (AvgIpc) is 2.40. The smallest absolute Gasteiger partial charge is 0.306 e. The number of carbonyl (C=O) groups is 1. The van der Waals surface area contributed by atoms with Gasteiger partial charge in [-0.3, -0.25) is 4.79 Å². The Balaban J connectivity index is 1.93. The quantitative estimate of drug-likeness (QED) is 0.890. The second kappa shape index (κ2) is 5.89. The Kier molecular flexibility index (Phi) is 4.24. The third-order valence-electron chi connectivity index (χ3n) is 3.90. The zero-order valence-electron chi connectivity index (χ0n) is 10.8. The molecule has 18 heavy (non-hydrogen) atoms. The van der Waals surface area contributed by atoms with Crippen molar-refractivity contribution in [1.29, 1.82) is 0 Å². The first-order valence-corrected chi connectivity index (χ1v) is 6.55. The van der Waals surface area contributed by atoms with E-state index in [1.165, 1.54) is 5.56 Å². The number of hydrogen-bond acceptors (Lipinski definition) is 2. The second-order valence-electron chi connectivity index (χ2n) is 5.07. The molecule has 98 valence electrons. The predicted molar refractivity (Wildman–Crippen MR) is 69.8 cm³/mol. The Morgan fingerprint density at radius 2 is 1.94 bits per heavy atom. The zero-order valence-corrected chi connectivity index (χ0v) is 10.8. The molecule has 1 saturated carbocycles. The minimum Gasteiger partial charge on any atom is -0.496 e. The molecule has 1 aliphatic carbocycles. The van der Waals surface area contributed by atoms with E-state index in [9.17, 15) is 4.79 Å². The van der Waals surface area contributed by atoms with Gasteiger partial charge in [-0.15, -0.1) is 0 Å². The molecule has 1 aromatic rings. The van der Waals surface area contributed by atoms with Gasteiger partial charge < -0.3 is 9.84 Å². The van der Waals surface area contributed by atoms with E-state index in [-0.39, 0.29) is 5.92 Å². The number of carboxylic acids is 1. The highest BCUT2D eigenvalue weighted by Crippen LogP contribution is 2.33. The van der Waals surface area contributed by atoms with Crippen molar-refractivity contribution in [2.75, 3.05) is 7.11 Å². The van der Waals surface area contributed by atoms with Crippen molar-refractivity contribution < 1.29 is 14.6 Å². The molecule has 3 heteroatoms.